The fourth-order valence-corrected chi connectivity index (χ4v) is 3.80. The topological polar surface area (TPSA) is 24.9 Å². The Bertz CT molecular complexity index is 625. The number of rotatable bonds is 1. The van der Waals surface area contributed by atoms with Crippen LogP contribution >= 0.6 is 34.2 Å². The van der Waals surface area contributed by atoms with Gasteiger partial charge in [-0.15, -0.1) is 0 Å². The predicted molar refractivity (Wildman–Crippen MR) is 85.7 cm³/mol. The van der Waals surface area contributed by atoms with Gasteiger partial charge in [-0.3, -0.25) is 4.98 Å². The summed E-state index contributed by atoms with van der Waals surface area (Å²) < 4.78 is 1.15. The average Bonchev–Trinajstić information content (AvgIpc) is 2.36. The monoisotopic (exact) mass is 372 g/mol. The first-order chi connectivity index (χ1) is 8.70. The van der Waals surface area contributed by atoms with Gasteiger partial charge in [0, 0.05) is 27.4 Å². The summed E-state index contributed by atoms with van der Waals surface area (Å²) in [6, 6.07) is 4.14. The summed E-state index contributed by atoms with van der Waals surface area (Å²) in [6.45, 7) is 0. The third-order valence-corrected chi connectivity index (χ3v) is 4.45. The van der Waals surface area contributed by atoms with Gasteiger partial charge in [-0.2, -0.15) is 0 Å². The average molecular weight is 373 g/mol. The molecular weight excluding hydrogens is 359 g/mol. The van der Waals surface area contributed by atoms with E-state index in [-0.39, 0.29) is 0 Å². The Labute approximate surface area is 125 Å². The van der Waals surface area contributed by atoms with E-state index in [1.807, 2.05) is 13.1 Å². The Morgan fingerprint density at radius 1 is 1.28 bits per heavy atom. The number of benzene rings is 1. The first kappa shape index (κ1) is 12.5. The van der Waals surface area contributed by atoms with Crippen LogP contribution in [0.4, 0.5) is 5.69 Å². The Kier molecular flexibility index (Phi) is 3.36. The lowest BCUT2D eigenvalue weighted by Gasteiger charge is -2.21. The highest BCUT2D eigenvalue weighted by Crippen LogP contribution is 2.36. The fraction of sp³-hybridized carbons (Fsp3) is 0.357. The van der Waals surface area contributed by atoms with Crippen LogP contribution in [0.2, 0.25) is 5.02 Å². The van der Waals surface area contributed by atoms with Crippen molar-refractivity contribution in [2.45, 2.75) is 25.7 Å². The highest BCUT2D eigenvalue weighted by atomic mass is 127. The van der Waals surface area contributed by atoms with Crippen molar-refractivity contribution in [3.05, 3.63) is 32.0 Å². The number of hydrogen-bond acceptors (Lipinski definition) is 2. The lowest BCUT2D eigenvalue weighted by atomic mass is 9.93. The second-order valence-electron chi connectivity index (χ2n) is 4.65. The van der Waals surface area contributed by atoms with E-state index in [1.165, 1.54) is 29.8 Å². The van der Waals surface area contributed by atoms with Gasteiger partial charge in [0.1, 0.15) is 0 Å². The van der Waals surface area contributed by atoms with Crippen molar-refractivity contribution in [2.24, 2.45) is 0 Å². The van der Waals surface area contributed by atoms with Crippen LogP contribution in [0.25, 0.3) is 10.9 Å². The SMILES string of the molecule is CNc1c2c(nc3c(Cl)cc(I)cc13)CCCC2. The summed E-state index contributed by atoms with van der Waals surface area (Å²) in [5.74, 6) is 0. The molecule has 0 unspecified atom stereocenters. The predicted octanol–water partition coefficient (Wildman–Crippen LogP) is 4.41. The molecule has 1 aliphatic carbocycles. The Balaban J connectivity index is 2.40. The smallest absolute Gasteiger partial charge is 0.0913 e. The maximum absolute atomic E-state index is 6.34. The number of nitrogens with zero attached hydrogens (tertiary/aromatic N) is 1. The third-order valence-electron chi connectivity index (χ3n) is 3.53. The number of fused-ring (bicyclic) bond motifs is 2. The van der Waals surface area contributed by atoms with Gasteiger partial charge in [-0.05, 0) is 66.0 Å². The first-order valence-electron chi connectivity index (χ1n) is 6.19. The molecule has 2 nitrogen and oxygen atoms in total. The lowest BCUT2D eigenvalue weighted by molar-refractivity contribution is 0.672. The highest BCUT2D eigenvalue weighted by molar-refractivity contribution is 14.1. The van der Waals surface area contributed by atoms with E-state index in [4.69, 9.17) is 16.6 Å². The Hall–Kier alpha value is -0.550. The van der Waals surface area contributed by atoms with Gasteiger partial charge in [0.2, 0.25) is 0 Å². The minimum atomic E-state index is 0.752. The van der Waals surface area contributed by atoms with Crippen molar-refractivity contribution in [3.8, 4) is 0 Å². The van der Waals surface area contributed by atoms with Gasteiger partial charge in [0.05, 0.1) is 10.5 Å². The number of aryl methyl sites for hydroxylation is 1. The van der Waals surface area contributed by atoms with E-state index < -0.39 is 0 Å². The number of pyridine rings is 1. The van der Waals surface area contributed by atoms with Crippen LogP contribution in [-0.4, -0.2) is 12.0 Å². The van der Waals surface area contributed by atoms with Crippen LogP contribution in [0.5, 0.6) is 0 Å². The minimum Gasteiger partial charge on any atom is -0.387 e. The molecule has 1 N–H and O–H groups in total. The van der Waals surface area contributed by atoms with Gasteiger partial charge in [-0.1, -0.05) is 11.6 Å². The molecule has 0 spiro atoms. The van der Waals surface area contributed by atoms with Crippen LogP contribution < -0.4 is 5.32 Å². The summed E-state index contributed by atoms with van der Waals surface area (Å²) in [5, 5.41) is 5.25. The molecule has 0 aliphatic heterocycles. The van der Waals surface area contributed by atoms with Gasteiger partial charge in [0.25, 0.3) is 0 Å². The van der Waals surface area contributed by atoms with Crippen LogP contribution in [0, 0.1) is 3.57 Å². The normalized spacial score (nSPS) is 14.6. The first-order valence-corrected chi connectivity index (χ1v) is 7.64. The summed E-state index contributed by atoms with van der Waals surface area (Å²) in [6.07, 6.45) is 4.68. The second-order valence-corrected chi connectivity index (χ2v) is 6.31. The number of anilines is 1. The van der Waals surface area contributed by atoms with Gasteiger partial charge >= 0.3 is 0 Å². The zero-order valence-corrected chi connectivity index (χ0v) is 13.1. The molecule has 2 aromatic rings. The van der Waals surface area contributed by atoms with Crippen LogP contribution in [-0.2, 0) is 12.8 Å². The second kappa shape index (κ2) is 4.85. The molecule has 18 heavy (non-hydrogen) atoms. The maximum Gasteiger partial charge on any atom is 0.0913 e. The lowest BCUT2D eigenvalue weighted by Crippen LogP contribution is -2.09. The molecule has 0 fully saturated rings. The van der Waals surface area contributed by atoms with Gasteiger partial charge in [-0.25, -0.2) is 0 Å². The molecule has 0 amide bonds. The van der Waals surface area contributed by atoms with E-state index in [2.05, 4.69) is 34.0 Å². The zero-order valence-electron chi connectivity index (χ0n) is 10.2. The zero-order chi connectivity index (χ0) is 12.7. The van der Waals surface area contributed by atoms with E-state index >= 15 is 0 Å². The molecule has 4 heteroatoms. The number of hydrogen-bond donors (Lipinski definition) is 1. The number of aromatic nitrogens is 1. The Morgan fingerprint density at radius 3 is 2.83 bits per heavy atom. The molecule has 1 aromatic heterocycles. The number of nitrogens with one attached hydrogen (secondary N) is 1. The quantitative estimate of drug-likeness (QED) is 0.750. The minimum absolute atomic E-state index is 0.752. The van der Waals surface area contributed by atoms with Crippen molar-refractivity contribution >= 4 is 50.8 Å². The molecule has 1 aromatic carbocycles. The largest absolute Gasteiger partial charge is 0.387 e. The van der Waals surface area contributed by atoms with Crippen molar-refractivity contribution in [3.63, 3.8) is 0 Å². The molecule has 94 valence electrons. The number of halogens is 2. The third kappa shape index (κ3) is 1.97. The molecule has 0 saturated heterocycles. The molecule has 0 atom stereocenters. The summed E-state index contributed by atoms with van der Waals surface area (Å²) in [4.78, 5) is 4.79. The maximum atomic E-state index is 6.34. The molecule has 0 bridgehead atoms. The van der Waals surface area contributed by atoms with Crippen LogP contribution in [0.3, 0.4) is 0 Å². The van der Waals surface area contributed by atoms with Gasteiger partial charge in [0.15, 0.2) is 0 Å². The van der Waals surface area contributed by atoms with Crippen molar-refractivity contribution in [1.82, 2.24) is 4.98 Å². The molecule has 0 radical (unpaired) electrons. The van der Waals surface area contributed by atoms with Crippen LogP contribution in [0.1, 0.15) is 24.1 Å². The molecule has 0 saturated carbocycles. The molecule has 3 rings (SSSR count). The van der Waals surface area contributed by atoms with E-state index in [9.17, 15) is 0 Å². The molecule has 1 aliphatic rings. The standard InChI is InChI=1S/C14H14ClIN2/c1-17-13-9-4-2-3-5-12(9)18-14-10(13)6-8(16)7-11(14)15/h6-7H,2-5H2,1H3,(H,17,18). The summed E-state index contributed by atoms with van der Waals surface area (Å²) >= 11 is 8.64. The highest BCUT2D eigenvalue weighted by Gasteiger charge is 2.18. The van der Waals surface area contributed by atoms with Gasteiger partial charge < -0.3 is 5.32 Å². The van der Waals surface area contributed by atoms with Crippen LogP contribution in [0.15, 0.2) is 12.1 Å². The van der Waals surface area contributed by atoms with E-state index in [1.54, 1.807) is 0 Å². The van der Waals surface area contributed by atoms with Crippen molar-refractivity contribution < 1.29 is 0 Å². The van der Waals surface area contributed by atoms with E-state index in [0.29, 0.717) is 0 Å². The Morgan fingerprint density at radius 2 is 2.06 bits per heavy atom. The fourth-order valence-electron chi connectivity index (χ4n) is 2.74. The molecular formula is C14H14ClIN2. The van der Waals surface area contributed by atoms with E-state index in [0.717, 1.165) is 32.3 Å². The summed E-state index contributed by atoms with van der Waals surface area (Å²) in [5.41, 5.74) is 4.76. The summed E-state index contributed by atoms with van der Waals surface area (Å²) in [7, 11) is 1.98. The van der Waals surface area contributed by atoms with Crippen molar-refractivity contribution in [2.75, 3.05) is 12.4 Å². The molecule has 1 heterocycles. The van der Waals surface area contributed by atoms with Crippen molar-refractivity contribution in [1.29, 1.82) is 0 Å².